The molecule has 0 spiro atoms. The van der Waals surface area contributed by atoms with Gasteiger partial charge in [0.15, 0.2) is 0 Å². The first-order chi connectivity index (χ1) is 4.57. The van der Waals surface area contributed by atoms with Gasteiger partial charge in [-0.05, 0) is 12.3 Å². The van der Waals surface area contributed by atoms with Gasteiger partial charge in [0.2, 0.25) is 0 Å². The number of hydrogen-bond acceptors (Lipinski definition) is 2. The molecular weight excluding hydrogens is 148 g/mol. The van der Waals surface area contributed by atoms with Crippen molar-refractivity contribution >= 4 is 17.9 Å². The van der Waals surface area contributed by atoms with Crippen LogP contribution in [0, 0.1) is 5.92 Å². The van der Waals surface area contributed by atoms with Crippen LogP contribution in [0.1, 0.15) is 27.2 Å². The molecule has 3 heteroatoms. The Balaban J connectivity index is 3.71. The minimum Gasteiger partial charge on any atom is -0.454 e. The Bertz CT molecular complexity index is 112. The van der Waals surface area contributed by atoms with Crippen molar-refractivity contribution < 1.29 is 9.53 Å². The molecule has 0 radical (unpaired) electrons. The van der Waals surface area contributed by atoms with Crippen molar-refractivity contribution in [3.8, 4) is 0 Å². The van der Waals surface area contributed by atoms with Crippen molar-refractivity contribution in [1.82, 2.24) is 0 Å². The first kappa shape index (κ1) is 9.82. The van der Waals surface area contributed by atoms with E-state index in [-0.39, 0.29) is 6.10 Å². The maximum Gasteiger partial charge on any atom is 0.364 e. The summed E-state index contributed by atoms with van der Waals surface area (Å²) in [5, 5.41) is -0.486. The molecule has 0 heterocycles. The molecule has 0 saturated heterocycles. The highest BCUT2D eigenvalue weighted by Crippen LogP contribution is 2.11. The molecule has 0 aliphatic carbocycles. The molecule has 0 N–H and O–H groups in total. The molecule has 0 bridgehead atoms. The summed E-state index contributed by atoms with van der Waals surface area (Å²) in [6.45, 7) is 6.02. The number of thiol groups is 1. The van der Waals surface area contributed by atoms with Crippen molar-refractivity contribution in [2.45, 2.75) is 33.3 Å². The number of rotatable bonds is 3. The van der Waals surface area contributed by atoms with Crippen molar-refractivity contribution in [2.24, 2.45) is 5.92 Å². The van der Waals surface area contributed by atoms with E-state index < -0.39 is 5.30 Å². The molecule has 1 unspecified atom stereocenters. The number of hydrogen-bond donors (Lipinski definition) is 1. The zero-order valence-electron chi connectivity index (χ0n) is 6.63. The number of ether oxygens (including phenoxy) is 1. The molecule has 10 heavy (non-hydrogen) atoms. The van der Waals surface area contributed by atoms with E-state index in [2.05, 4.69) is 12.6 Å². The molecule has 0 aromatic heterocycles. The SMILES string of the molecule is CCC(OC(=O)S)C(C)C. The number of carbonyl (C=O) groups is 1. The minimum atomic E-state index is -0.486. The van der Waals surface area contributed by atoms with E-state index in [1.165, 1.54) is 0 Å². The Hall–Kier alpha value is -0.180. The summed E-state index contributed by atoms with van der Waals surface area (Å²) in [7, 11) is 0. The normalized spacial score (nSPS) is 13.3. The molecule has 1 atom stereocenters. The van der Waals surface area contributed by atoms with Crippen LogP contribution >= 0.6 is 12.6 Å². The quantitative estimate of drug-likeness (QED) is 0.509. The van der Waals surface area contributed by atoms with Crippen LogP contribution in [0.15, 0.2) is 0 Å². The van der Waals surface area contributed by atoms with E-state index in [0.717, 1.165) is 6.42 Å². The summed E-state index contributed by atoms with van der Waals surface area (Å²) in [5.74, 6) is 0.376. The maximum absolute atomic E-state index is 10.4. The van der Waals surface area contributed by atoms with Gasteiger partial charge in [-0.25, -0.2) is 4.79 Å². The minimum absolute atomic E-state index is 0.0185. The lowest BCUT2D eigenvalue weighted by Gasteiger charge is -2.17. The van der Waals surface area contributed by atoms with Crippen LogP contribution in [0.2, 0.25) is 0 Å². The summed E-state index contributed by atoms with van der Waals surface area (Å²) in [6, 6.07) is 0. The summed E-state index contributed by atoms with van der Waals surface area (Å²) < 4.78 is 4.89. The van der Waals surface area contributed by atoms with Gasteiger partial charge >= 0.3 is 5.30 Å². The predicted octanol–water partition coefficient (Wildman–Crippen LogP) is 2.49. The molecule has 60 valence electrons. The van der Waals surface area contributed by atoms with Gasteiger partial charge in [-0.1, -0.05) is 33.4 Å². The van der Waals surface area contributed by atoms with Gasteiger partial charge in [0.05, 0.1) is 0 Å². The third-order valence-corrected chi connectivity index (χ3v) is 1.50. The van der Waals surface area contributed by atoms with E-state index in [4.69, 9.17) is 4.74 Å². The van der Waals surface area contributed by atoms with E-state index in [9.17, 15) is 4.79 Å². The van der Waals surface area contributed by atoms with Crippen molar-refractivity contribution in [3.63, 3.8) is 0 Å². The summed E-state index contributed by atoms with van der Waals surface area (Å²) in [6.07, 6.45) is 0.870. The van der Waals surface area contributed by atoms with Gasteiger partial charge in [0.1, 0.15) is 6.10 Å². The summed E-state index contributed by atoms with van der Waals surface area (Å²) >= 11 is 3.52. The Morgan fingerprint density at radius 1 is 1.60 bits per heavy atom. The first-order valence-electron chi connectivity index (χ1n) is 3.47. The first-order valence-corrected chi connectivity index (χ1v) is 3.92. The zero-order valence-corrected chi connectivity index (χ0v) is 7.52. The zero-order chi connectivity index (χ0) is 8.15. The lowest BCUT2D eigenvalue weighted by atomic mass is 10.1. The van der Waals surface area contributed by atoms with Gasteiger partial charge in [0, 0.05) is 0 Å². The molecule has 0 aromatic rings. The lowest BCUT2D eigenvalue weighted by molar-refractivity contribution is 0.0903. The summed E-state index contributed by atoms with van der Waals surface area (Å²) in [4.78, 5) is 10.4. The molecule has 0 aliphatic rings. The van der Waals surface area contributed by atoms with Crippen LogP contribution in [0.5, 0.6) is 0 Å². The van der Waals surface area contributed by atoms with E-state index >= 15 is 0 Å². The van der Waals surface area contributed by atoms with Crippen LogP contribution in [0.3, 0.4) is 0 Å². The molecule has 2 nitrogen and oxygen atoms in total. The van der Waals surface area contributed by atoms with Crippen LogP contribution in [0.25, 0.3) is 0 Å². The topological polar surface area (TPSA) is 26.3 Å². The average Bonchev–Trinajstić information content (AvgIpc) is 1.81. The highest BCUT2D eigenvalue weighted by atomic mass is 32.1. The second-order valence-electron chi connectivity index (χ2n) is 2.57. The Morgan fingerprint density at radius 3 is 2.20 bits per heavy atom. The van der Waals surface area contributed by atoms with Gasteiger partial charge in [-0.2, -0.15) is 0 Å². The largest absolute Gasteiger partial charge is 0.454 e. The van der Waals surface area contributed by atoms with Crippen LogP contribution in [-0.4, -0.2) is 11.4 Å². The smallest absolute Gasteiger partial charge is 0.364 e. The second kappa shape index (κ2) is 4.61. The third-order valence-electron chi connectivity index (χ3n) is 1.40. The fourth-order valence-electron chi connectivity index (χ4n) is 0.820. The summed E-state index contributed by atoms with van der Waals surface area (Å²) in [5.41, 5.74) is 0. The fourth-order valence-corrected chi connectivity index (χ4v) is 0.956. The standard InChI is InChI=1S/C7H14O2S/c1-4-6(5(2)3)9-7(8)10/h5-6H,4H2,1-3H3,(H,8,10). The van der Waals surface area contributed by atoms with Crippen molar-refractivity contribution in [1.29, 1.82) is 0 Å². The Morgan fingerprint density at radius 2 is 2.10 bits per heavy atom. The predicted molar refractivity (Wildman–Crippen MR) is 44.4 cm³/mol. The van der Waals surface area contributed by atoms with Gasteiger partial charge < -0.3 is 4.74 Å². The molecule has 0 aliphatic heterocycles. The Labute approximate surface area is 67.4 Å². The molecule has 0 saturated carbocycles. The van der Waals surface area contributed by atoms with Gasteiger partial charge in [0.25, 0.3) is 0 Å². The monoisotopic (exact) mass is 162 g/mol. The van der Waals surface area contributed by atoms with E-state index in [1.807, 2.05) is 20.8 Å². The molecule has 0 aromatic carbocycles. The molecule has 0 rings (SSSR count). The van der Waals surface area contributed by atoms with Crippen molar-refractivity contribution in [2.75, 3.05) is 0 Å². The van der Waals surface area contributed by atoms with E-state index in [1.54, 1.807) is 0 Å². The Kier molecular flexibility index (Phi) is 4.52. The fraction of sp³-hybridized carbons (Fsp3) is 0.857. The van der Waals surface area contributed by atoms with Crippen LogP contribution in [-0.2, 0) is 4.74 Å². The third kappa shape index (κ3) is 3.77. The van der Waals surface area contributed by atoms with Crippen LogP contribution in [0.4, 0.5) is 4.79 Å². The highest BCUT2D eigenvalue weighted by Gasteiger charge is 2.13. The lowest BCUT2D eigenvalue weighted by Crippen LogP contribution is -2.19. The average molecular weight is 162 g/mol. The van der Waals surface area contributed by atoms with Gasteiger partial charge in [-0.15, -0.1) is 0 Å². The highest BCUT2D eigenvalue weighted by molar-refractivity contribution is 7.96. The second-order valence-corrected chi connectivity index (χ2v) is 2.94. The van der Waals surface area contributed by atoms with Crippen LogP contribution < -0.4 is 0 Å². The molecule has 0 amide bonds. The maximum atomic E-state index is 10.4. The molecule has 0 fully saturated rings. The number of carbonyl (C=O) groups excluding carboxylic acids is 1. The van der Waals surface area contributed by atoms with Crippen molar-refractivity contribution in [3.05, 3.63) is 0 Å². The van der Waals surface area contributed by atoms with Gasteiger partial charge in [-0.3, -0.25) is 0 Å². The van der Waals surface area contributed by atoms with E-state index in [0.29, 0.717) is 5.92 Å². The molecular formula is C7H14O2S.